The Morgan fingerprint density at radius 3 is 1.96 bits per heavy atom. The van der Waals surface area contributed by atoms with Gasteiger partial charge in [-0.05, 0) is 53.3 Å². The molecule has 0 bridgehead atoms. The molecule has 0 radical (unpaired) electrons. The van der Waals surface area contributed by atoms with E-state index < -0.39 is 0 Å². The lowest BCUT2D eigenvalue weighted by atomic mass is 9.78. The average molecular weight is 345 g/mol. The smallest absolute Gasteiger partial charge is 0.193 e. The van der Waals surface area contributed by atoms with Crippen molar-refractivity contribution in [3.05, 3.63) is 104 Å². The third-order valence-corrected chi connectivity index (χ3v) is 5.39. The molecule has 2 aliphatic carbocycles. The minimum absolute atomic E-state index is 0.00402. The summed E-state index contributed by atoms with van der Waals surface area (Å²) in [5, 5.41) is 0.554. The van der Waals surface area contributed by atoms with Crippen molar-refractivity contribution in [2.24, 2.45) is 0 Å². The number of rotatable bonds is 0. The van der Waals surface area contributed by atoms with E-state index in [4.69, 9.17) is 11.6 Å². The van der Waals surface area contributed by atoms with Gasteiger partial charge in [-0.25, -0.2) is 0 Å². The van der Waals surface area contributed by atoms with E-state index in [-0.39, 0.29) is 11.6 Å². The molecule has 0 aromatic heterocycles. The lowest BCUT2D eigenvalue weighted by Crippen LogP contribution is -2.20. The maximum Gasteiger partial charge on any atom is 0.193 e. The second-order valence-electron chi connectivity index (χ2n) is 6.64. The fourth-order valence-corrected chi connectivity index (χ4v) is 4.09. The van der Waals surface area contributed by atoms with Gasteiger partial charge < -0.3 is 0 Å². The maximum atomic E-state index is 12.9. The zero-order valence-corrected chi connectivity index (χ0v) is 14.1. The van der Waals surface area contributed by atoms with E-state index in [9.17, 15) is 9.59 Å². The van der Waals surface area contributed by atoms with Crippen LogP contribution in [0.15, 0.2) is 54.6 Å². The Morgan fingerprint density at radius 2 is 1.20 bits per heavy atom. The second-order valence-corrected chi connectivity index (χ2v) is 7.07. The van der Waals surface area contributed by atoms with Crippen molar-refractivity contribution in [2.75, 3.05) is 0 Å². The highest BCUT2D eigenvalue weighted by Gasteiger charge is 2.29. The number of carbonyl (C=O) groups excluding carboxylic acids is 2. The van der Waals surface area contributed by atoms with Crippen LogP contribution in [0.3, 0.4) is 0 Å². The van der Waals surface area contributed by atoms with E-state index in [2.05, 4.69) is 0 Å². The molecule has 0 fully saturated rings. The summed E-state index contributed by atoms with van der Waals surface area (Å²) in [5.74, 6) is -0.0439. The molecule has 2 aliphatic rings. The van der Waals surface area contributed by atoms with Gasteiger partial charge in [0, 0.05) is 27.3 Å². The van der Waals surface area contributed by atoms with Crippen LogP contribution in [0.2, 0.25) is 5.02 Å². The molecule has 5 rings (SSSR count). The third-order valence-electron chi connectivity index (χ3n) is 5.16. The molecule has 25 heavy (non-hydrogen) atoms. The summed E-state index contributed by atoms with van der Waals surface area (Å²) in [6.45, 7) is 0. The van der Waals surface area contributed by atoms with Crippen LogP contribution in [-0.4, -0.2) is 11.6 Å². The Bertz CT molecular complexity index is 1100. The fourth-order valence-electron chi connectivity index (χ4n) is 3.92. The highest BCUT2D eigenvalue weighted by atomic mass is 35.5. The predicted molar refractivity (Wildman–Crippen MR) is 96.8 cm³/mol. The van der Waals surface area contributed by atoms with Crippen molar-refractivity contribution in [2.45, 2.75) is 12.8 Å². The molecular formula is C22H13ClO2. The molecular weight excluding hydrogens is 332 g/mol. The number of benzene rings is 3. The molecule has 3 heteroatoms. The number of ketones is 2. The minimum atomic E-state index is -0.0480. The van der Waals surface area contributed by atoms with Crippen molar-refractivity contribution < 1.29 is 9.59 Å². The summed E-state index contributed by atoms with van der Waals surface area (Å²) in [7, 11) is 0. The van der Waals surface area contributed by atoms with Crippen molar-refractivity contribution in [3.63, 3.8) is 0 Å². The van der Waals surface area contributed by atoms with Gasteiger partial charge >= 0.3 is 0 Å². The molecule has 0 unspecified atom stereocenters. The molecule has 3 aromatic rings. The Balaban J connectivity index is 1.68. The molecule has 0 N–H and O–H groups in total. The summed E-state index contributed by atoms with van der Waals surface area (Å²) in [6, 6.07) is 17.0. The average Bonchev–Trinajstić information content (AvgIpc) is 2.62. The van der Waals surface area contributed by atoms with Gasteiger partial charge in [0.1, 0.15) is 0 Å². The molecule has 0 amide bonds. The van der Waals surface area contributed by atoms with Crippen LogP contribution in [0.4, 0.5) is 0 Å². The van der Waals surface area contributed by atoms with Gasteiger partial charge in [0.2, 0.25) is 0 Å². The van der Waals surface area contributed by atoms with Gasteiger partial charge in [-0.3, -0.25) is 9.59 Å². The van der Waals surface area contributed by atoms with Crippen LogP contribution in [0.5, 0.6) is 0 Å². The first-order valence-corrected chi connectivity index (χ1v) is 8.61. The van der Waals surface area contributed by atoms with E-state index in [1.807, 2.05) is 42.5 Å². The van der Waals surface area contributed by atoms with Crippen LogP contribution >= 0.6 is 11.6 Å². The molecule has 3 aromatic carbocycles. The standard InChI is InChI=1S/C22H13ClO2/c23-16-6-5-13-8-15-9-14-7-12-3-1-2-4-17(12)21(24)19(14)11-20(15)22(25)18(13)10-16/h1-6,9-11H,7-8H2. The molecule has 0 aliphatic heterocycles. The summed E-state index contributed by atoms with van der Waals surface area (Å²) in [5.41, 5.74) is 6.69. The molecule has 0 heterocycles. The highest BCUT2D eigenvalue weighted by molar-refractivity contribution is 6.31. The van der Waals surface area contributed by atoms with Crippen LogP contribution in [-0.2, 0) is 12.8 Å². The van der Waals surface area contributed by atoms with Gasteiger partial charge in [-0.15, -0.1) is 0 Å². The third kappa shape index (κ3) is 2.11. The van der Waals surface area contributed by atoms with Crippen molar-refractivity contribution in [1.82, 2.24) is 0 Å². The molecule has 0 spiro atoms. The van der Waals surface area contributed by atoms with E-state index in [0.29, 0.717) is 28.1 Å². The largest absolute Gasteiger partial charge is 0.289 e. The molecule has 2 nitrogen and oxygen atoms in total. The number of hydrogen-bond donors (Lipinski definition) is 0. The highest BCUT2D eigenvalue weighted by Crippen LogP contribution is 2.34. The van der Waals surface area contributed by atoms with Crippen molar-refractivity contribution in [1.29, 1.82) is 0 Å². The number of halogens is 1. The zero-order chi connectivity index (χ0) is 17.1. The van der Waals surface area contributed by atoms with Crippen molar-refractivity contribution >= 4 is 23.2 Å². The normalized spacial score (nSPS) is 14.4. The van der Waals surface area contributed by atoms with Crippen LogP contribution in [0.1, 0.15) is 54.1 Å². The number of carbonyl (C=O) groups is 2. The maximum absolute atomic E-state index is 12.9. The van der Waals surface area contributed by atoms with Gasteiger partial charge in [0.05, 0.1) is 0 Å². The predicted octanol–water partition coefficient (Wildman–Crippen LogP) is 4.61. The summed E-state index contributed by atoms with van der Waals surface area (Å²) < 4.78 is 0. The van der Waals surface area contributed by atoms with Crippen LogP contribution in [0, 0.1) is 0 Å². The lowest BCUT2D eigenvalue weighted by molar-refractivity contribution is 0.103. The Morgan fingerprint density at radius 1 is 0.600 bits per heavy atom. The first kappa shape index (κ1) is 14.6. The SMILES string of the molecule is O=C1c2ccccc2Cc2cc3c(cc21)C(=O)c1cc(Cl)ccc1C3. The zero-order valence-electron chi connectivity index (χ0n) is 13.3. The van der Waals surface area contributed by atoms with Crippen LogP contribution in [0.25, 0.3) is 0 Å². The van der Waals surface area contributed by atoms with Gasteiger partial charge in [-0.1, -0.05) is 48.0 Å². The number of fused-ring (bicyclic) bond motifs is 4. The first-order valence-electron chi connectivity index (χ1n) is 8.23. The van der Waals surface area contributed by atoms with Crippen LogP contribution < -0.4 is 0 Å². The molecule has 0 atom stereocenters. The van der Waals surface area contributed by atoms with E-state index in [1.165, 1.54) is 0 Å². The van der Waals surface area contributed by atoms with E-state index >= 15 is 0 Å². The molecule has 0 saturated carbocycles. The monoisotopic (exact) mass is 344 g/mol. The van der Waals surface area contributed by atoms with Gasteiger partial charge in [0.25, 0.3) is 0 Å². The Labute approximate surface area is 150 Å². The quantitative estimate of drug-likeness (QED) is 0.411. The fraction of sp³-hybridized carbons (Fsp3) is 0.0909. The van der Waals surface area contributed by atoms with Gasteiger partial charge in [-0.2, -0.15) is 0 Å². The topological polar surface area (TPSA) is 34.1 Å². The molecule has 120 valence electrons. The lowest BCUT2D eigenvalue weighted by Gasteiger charge is -2.24. The van der Waals surface area contributed by atoms with Gasteiger partial charge in [0.15, 0.2) is 11.6 Å². The minimum Gasteiger partial charge on any atom is -0.289 e. The van der Waals surface area contributed by atoms with E-state index in [0.717, 1.165) is 34.2 Å². The Hall–Kier alpha value is -2.71. The number of hydrogen-bond acceptors (Lipinski definition) is 2. The summed E-state index contributed by atoms with van der Waals surface area (Å²) in [6.07, 6.45) is 1.42. The van der Waals surface area contributed by atoms with E-state index in [1.54, 1.807) is 12.1 Å². The van der Waals surface area contributed by atoms with Crippen molar-refractivity contribution in [3.8, 4) is 0 Å². The second kappa shape index (κ2) is 5.14. The summed E-state index contributed by atoms with van der Waals surface area (Å²) >= 11 is 6.06. The Kier molecular flexibility index (Phi) is 3.01. The first-order chi connectivity index (χ1) is 12.1. The summed E-state index contributed by atoms with van der Waals surface area (Å²) in [4.78, 5) is 25.8. The molecule has 0 saturated heterocycles.